The molecule has 0 unspecified atom stereocenters. The molecule has 0 bridgehead atoms. The Labute approximate surface area is 142 Å². The van der Waals surface area contributed by atoms with E-state index in [0.29, 0.717) is 16.9 Å². The van der Waals surface area contributed by atoms with E-state index in [1.54, 1.807) is 0 Å². The van der Waals surface area contributed by atoms with Gasteiger partial charge in [0.15, 0.2) is 0 Å². The van der Waals surface area contributed by atoms with Crippen molar-refractivity contribution >= 4 is 38.8 Å². The average Bonchev–Trinajstić information content (AvgIpc) is 2.92. The topological polar surface area (TPSA) is 29.3 Å². The Kier molecular flexibility index (Phi) is 6.06. The third kappa shape index (κ3) is 4.19. The molecule has 0 saturated heterocycles. The largest absolute Gasteiger partial charge is 0.389 e. The second-order valence-corrected chi connectivity index (χ2v) is 7.61. The van der Waals surface area contributed by atoms with Crippen molar-refractivity contribution in [1.82, 2.24) is 0 Å². The first kappa shape index (κ1) is 16.8. The van der Waals surface area contributed by atoms with E-state index < -0.39 is 0 Å². The lowest BCUT2D eigenvalue weighted by Crippen LogP contribution is -2.36. The van der Waals surface area contributed by atoms with Crippen molar-refractivity contribution in [3.63, 3.8) is 0 Å². The van der Waals surface area contributed by atoms with E-state index in [2.05, 4.69) is 46.8 Å². The molecule has 1 saturated carbocycles. The van der Waals surface area contributed by atoms with Crippen LogP contribution < -0.4 is 10.6 Å². The summed E-state index contributed by atoms with van der Waals surface area (Å²) in [5.41, 5.74) is 8.17. The molecule has 1 aromatic rings. The van der Waals surface area contributed by atoms with Crippen LogP contribution in [-0.4, -0.2) is 17.6 Å². The standard InChI is InChI=1S/C17H25BrN2S/c1-12(2)10-11-20(13-6-3-4-7-13)15-9-5-8-14(18)16(15)17(19)21/h5,8-9,12-13H,3-4,6-7,10-11H2,1-2H3,(H2,19,21). The van der Waals surface area contributed by atoms with Gasteiger partial charge in [0.25, 0.3) is 0 Å². The number of nitrogens with two attached hydrogens (primary N) is 1. The van der Waals surface area contributed by atoms with E-state index in [0.717, 1.165) is 16.6 Å². The molecule has 0 aliphatic heterocycles. The van der Waals surface area contributed by atoms with Gasteiger partial charge in [-0.3, -0.25) is 0 Å². The second kappa shape index (κ2) is 7.59. The van der Waals surface area contributed by atoms with Crippen LogP contribution in [0.4, 0.5) is 5.69 Å². The van der Waals surface area contributed by atoms with Gasteiger partial charge >= 0.3 is 0 Å². The summed E-state index contributed by atoms with van der Waals surface area (Å²) >= 11 is 8.90. The third-order valence-electron chi connectivity index (χ3n) is 4.26. The van der Waals surface area contributed by atoms with Crippen molar-refractivity contribution in [1.29, 1.82) is 0 Å². The van der Waals surface area contributed by atoms with Gasteiger partial charge in [-0.1, -0.05) is 45.0 Å². The summed E-state index contributed by atoms with van der Waals surface area (Å²) in [7, 11) is 0. The van der Waals surface area contributed by atoms with Crippen LogP contribution in [0, 0.1) is 5.92 Å². The fraction of sp³-hybridized carbons (Fsp3) is 0.588. The zero-order chi connectivity index (χ0) is 15.4. The molecule has 0 spiro atoms. The minimum atomic E-state index is 0.477. The quantitative estimate of drug-likeness (QED) is 0.725. The highest BCUT2D eigenvalue weighted by Gasteiger charge is 2.25. The average molecular weight is 369 g/mol. The Morgan fingerprint density at radius 2 is 2.05 bits per heavy atom. The molecule has 1 aromatic carbocycles. The van der Waals surface area contributed by atoms with Gasteiger partial charge in [0.1, 0.15) is 4.99 Å². The lowest BCUT2D eigenvalue weighted by molar-refractivity contribution is 0.528. The SMILES string of the molecule is CC(C)CCN(c1cccc(Br)c1C(N)=S)C1CCCC1. The molecule has 0 atom stereocenters. The maximum absolute atomic E-state index is 5.98. The first-order valence-electron chi connectivity index (χ1n) is 7.85. The van der Waals surface area contributed by atoms with Crippen LogP contribution in [0.5, 0.6) is 0 Å². The van der Waals surface area contributed by atoms with Crippen molar-refractivity contribution in [2.24, 2.45) is 11.7 Å². The highest BCUT2D eigenvalue weighted by atomic mass is 79.9. The lowest BCUT2D eigenvalue weighted by Gasteiger charge is -2.33. The van der Waals surface area contributed by atoms with Crippen LogP contribution in [0.1, 0.15) is 51.5 Å². The number of nitrogens with zero attached hydrogens (tertiary/aromatic N) is 1. The number of hydrogen-bond donors (Lipinski definition) is 1. The third-order valence-corrected chi connectivity index (χ3v) is 5.13. The van der Waals surface area contributed by atoms with Crippen molar-refractivity contribution in [3.8, 4) is 0 Å². The minimum Gasteiger partial charge on any atom is -0.389 e. The summed E-state index contributed by atoms with van der Waals surface area (Å²) < 4.78 is 1.00. The van der Waals surface area contributed by atoms with Crippen LogP contribution >= 0.6 is 28.1 Å². The highest BCUT2D eigenvalue weighted by molar-refractivity contribution is 9.10. The van der Waals surface area contributed by atoms with Crippen LogP contribution in [0.2, 0.25) is 0 Å². The molecule has 2 N–H and O–H groups in total. The Hall–Kier alpha value is -0.610. The maximum atomic E-state index is 5.98. The van der Waals surface area contributed by atoms with Gasteiger partial charge in [-0.2, -0.15) is 0 Å². The van der Waals surface area contributed by atoms with E-state index >= 15 is 0 Å². The summed E-state index contributed by atoms with van der Waals surface area (Å²) in [6.45, 7) is 5.64. The molecule has 0 heterocycles. The fourth-order valence-corrected chi connectivity index (χ4v) is 4.02. The molecule has 21 heavy (non-hydrogen) atoms. The van der Waals surface area contributed by atoms with Crippen molar-refractivity contribution < 1.29 is 0 Å². The summed E-state index contributed by atoms with van der Waals surface area (Å²) in [5.74, 6) is 0.703. The van der Waals surface area contributed by atoms with E-state index in [1.807, 2.05) is 6.07 Å². The summed E-state index contributed by atoms with van der Waals surface area (Å²) in [6.07, 6.45) is 6.42. The summed E-state index contributed by atoms with van der Waals surface area (Å²) in [4.78, 5) is 3.02. The molecule has 116 valence electrons. The van der Waals surface area contributed by atoms with Crippen molar-refractivity contribution in [3.05, 3.63) is 28.2 Å². The molecule has 1 aliphatic rings. The zero-order valence-corrected chi connectivity index (χ0v) is 15.3. The van der Waals surface area contributed by atoms with Crippen LogP contribution in [0.15, 0.2) is 22.7 Å². The number of thiocarbonyl (C=S) groups is 1. The molecular formula is C17H25BrN2S. The normalized spacial score (nSPS) is 15.6. The first-order valence-corrected chi connectivity index (χ1v) is 9.05. The number of halogens is 1. The number of anilines is 1. The second-order valence-electron chi connectivity index (χ2n) is 6.31. The summed E-state index contributed by atoms with van der Waals surface area (Å²) in [5, 5.41) is 0. The molecule has 0 radical (unpaired) electrons. The predicted molar refractivity (Wildman–Crippen MR) is 99.1 cm³/mol. The Morgan fingerprint density at radius 3 is 2.62 bits per heavy atom. The van der Waals surface area contributed by atoms with E-state index in [9.17, 15) is 0 Å². The molecule has 4 heteroatoms. The predicted octanol–water partition coefficient (Wildman–Crippen LogP) is 4.88. The van der Waals surface area contributed by atoms with E-state index in [-0.39, 0.29) is 0 Å². The van der Waals surface area contributed by atoms with E-state index in [1.165, 1.54) is 37.8 Å². The number of rotatable bonds is 6. The van der Waals surface area contributed by atoms with Gasteiger partial charge in [-0.05, 0) is 53.2 Å². The van der Waals surface area contributed by atoms with Crippen molar-refractivity contribution in [2.45, 2.75) is 52.0 Å². The van der Waals surface area contributed by atoms with Crippen LogP contribution in [-0.2, 0) is 0 Å². The smallest absolute Gasteiger partial charge is 0.107 e. The molecule has 1 fully saturated rings. The van der Waals surface area contributed by atoms with Crippen LogP contribution in [0.25, 0.3) is 0 Å². The Balaban J connectivity index is 2.35. The molecule has 0 aromatic heterocycles. The van der Waals surface area contributed by atoms with Gasteiger partial charge in [0.05, 0.1) is 0 Å². The Morgan fingerprint density at radius 1 is 1.38 bits per heavy atom. The van der Waals surface area contributed by atoms with E-state index in [4.69, 9.17) is 18.0 Å². The first-order chi connectivity index (χ1) is 10.0. The molecule has 1 aliphatic carbocycles. The molecular weight excluding hydrogens is 344 g/mol. The van der Waals surface area contributed by atoms with Gasteiger partial charge in [0.2, 0.25) is 0 Å². The minimum absolute atomic E-state index is 0.477. The van der Waals surface area contributed by atoms with Gasteiger partial charge in [-0.25, -0.2) is 0 Å². The number of hydrogen-bond acceptors (Lipinski definition) is 2. The van der Waals surface area contributed by atoms with Gasteiger partial charge < -0.3 is 10.6 Å². The highest BCUT2D eigenvalue weighted by Crippen LogP contribution is 2.34. The molecule has 0 amide bonds. The lowest BCUT2D eigenvalue weighted by atomic mass is 10.1. The molecule has 2 nitrogen and oxygen atoms in total. The zero-order valence-electron chi connectivity index (χ0n) is 12.9. The molecule has 2 rings (SSSR count). The Bertz CT molecular complexity index is 496. The van der Waals surface area contributed by atoms with Crippen LogP contribution in [0.3, 0.4) is 0 Å². The van der Waals surface area contributed by atoms with Gasteiger partial charge in [0, 0.05) is 28.3 Å². The van der Waals surface area contributed by atoms with Crippen molar-refractivity contribution in [2.75, 3.05) is 11.4 Å². The maximum Gasteiger partial charge on any atom is 0.107 e. The fourth-order valence-electron chi connectivity index (χ4n) is 3.11. The summed E-state index contributed by atoms with van der Waals surface area (Å²) in [6, 6.07) is 6.90. The van der Waals surface area contributed by atoms with Gasteiger partial charge in [-0.15, -0.1) is 0 Å². The monoisotopic (exact) mass is 368 g/mol. The number of benzene rings is 1.